The number of Topliss-reactive ketones (excluding diaryl/α,β-unsaturated/α-hetero) is 1. The van der Waals surface area contributed by atoms with E-state index in [1.807, 2.05) is 6.92 Å². The lowest BCUT2D eigenvalue weighted by Gasteiger charge is -2.34. The summed E-state index contributed by atoms with van der Waals surface area (Å²) in [5.41, 5.74) is 2.38. The van der Waals surface area contributed by atoms with Crippen molar-refractivity contribution >= 4 is 29.2 Å². The summed E-state index contributed by atoms with van der Waals surface area (Å²) in [5.74, 6) is 1.80. The largest absolute Gasteiger partial charge is 0.328 e. The van der Waals surface area contributed by atoms with Gasteiger partial charge in [-0.1, -0.05) is 25.6 Å². The summed E-state index contributed by atoms with van der Waals surface area (Å²) in [6, 6.07) is 5.90. The number of nitrogens with zero attached hydrogens (tertiary/aromatic N) is 4. The Labute approximate surface area is 160 Å². The Hall–Kier alpha value is -2.68. The average Bonchev–Trinajstić information content (AvgIpc) is 3.02. The Balaban J connectivity index is 1.84. The molecule has 0 saturated carbocycles. The number of hydrogen-bond donors (Lipinski definition) is 1. The molecular formula is C18H19N5O3S. The van der Waals surface area contributed by atoms with E-state index in [-0.39, 0.29) is 17.4 Å². The molecule has 1 aliphatic carbocycles. The second-order valence-electron chi connectivity index (χ2n) is 6.80. The van der Waals surface area contributed by atoms with E-state index >= 15 is 0 Å². The fraction of sp³-hybridized carbons (Fsp3) is 0.389. The molecular weight excluding hydrogens is 366 g/mol. The van der Waals surface area contributed by atoms with Gasteiger partial charge in [0.05, 0.1) is 4.92 Å². The Morgan fingerprint density at radius 2 is 2.07 bits per heavy atom. The number of hydrogen-bond acceptors (Lipinski definition) is 7. The van der Waals surface area contributed by atoms with E-state index in [0.29, 0.717) is 23.1 Å². The highest BCUT2D eigenvalue weighted by Crippen LogP contribution is 2.42. The number of nitro groups is 1. The molecule has 2 heterocycles. The van der Waals surface area contributed by atoms with Crippen LogP contribution in [0.4, 0.5) is 11.6 Å². The number of anilines is 1. The summed E-state index contributed by atoms with van der Waals surface area (Å²) in [6.45, 7) is 4.09. The van der Waals surface area contributed by atoms with Crippen molar-refractivity contribution in [3.63, 3.8) is 0 Å². The maximum Gasteiger partial charge on any atom is 0.269 e. The van der Waals surface area contributed by atoms with E-state index in [4.69, 9.17) is 0 Å². The third kappa shape index (κ3) is 3.12. The number of non-ortho nitro benzene ring substituents is 1. The van der Waals surface area contributed by atoms with Gasteiger partial charge < -0.3 is 5.32 Å². The van der Waals surface area contributed by atoms with Crippen LogP contribution in [0, 0.1) is 16.0 Å². The average molecular weight is 385 g/mol. The van der Waals surface area contributed by atoms with Crippen molar-refractivity contribution in [2.75, 3.05) is 11.1 Å². The molecule has 0 saturated heterocycles. The summed E-state index contributed by atoms with van der Waals surface area (Å²) < 4.78 is 1.73. The van der Waals surface area contributed by atoms with Crippen molar-refractivity contribution in [3.8, 4) is 0 Å². The quantitative estimate of drug-likeness (QED) is 0.487. The number of ketones is 1. The molecule has 0 bridgehead atoms. The van der Waals surface area contributed by atoms with Crippen LogP contribution in [0.3, 0.4) is 0 Å². The summed E-state index contributed by atoms with van der Waals surface area (Å²) in [6.07, 6.45) is 1.26. The Morgan fingerprint density at radius 1 is 1.33 bits per heavy atom. The van der Waals surface area contributed by atoms with Crippen LogP contribution in [0.15, 0.2) is 40.7 Å². The normalized spacial score (nSPS) is 21.5. The Morgan fingerprint density at radius 3 is 2.74 bits per heavy atom. The van der Waals surface area contributed by atoms with Gasteiger partial charge in [-0.2, -0.15) is 4.98 Å². The lowest BCUT2D eigenvalue weighted by Crippen LogP contribution is -2.33. The van der Waals surface area contributed by atoms with Crippen molar-refractivity contribution < 1.29 is 9.72 Å². The first-order valence-corrected chi connectivity index (χ1v) is 9.83. The van der Waals surface area contributed by atoms with E-state index in [1.165, 1.54) is 23.9 Å². The number of fused-ring (bicyclic) bond motifs is 1. The number of aromatic nitrogens is 3. The maximum absolute atomic E-state index is 12.9. The van der Waals surface area contributed by atoms with E-state index in [1.54, 1.807) is 16.8 Å². The van der Waals surface area contributed by atoms with Crippen LogP contribution >= 0.6 is 11.8 Å². The lowest BCUT2D eigenvalue weighted by molar-refractivity contribution is -0.384. The Bertz CT molecular complexity index is 950. The van der Waals surface area contributed by atoms with Gasteiger partial charge in [0.15, 0.2) is 5.78 Å². The predicted octanol–water partition coefficient (Wildman–Crippen LogP) is 3.57. The van der Waals surface area contributed by atoms with Crippen LogP contribution in [0.2, 0.25) is 0 Å². The monoisotopic (exact) mass is 385 g/mol. The van der Waals surface area contributed by atoms with Crippen LogP contribution < -0.4 is 5.32 Å². The molecule has 4 rings (SSSR count). The molecule has 8 nitrogen and oxygen atoms in total. The zero-order valence-corrected chi connectivity index (χ0v) is 15.8. The smallest absolute Gasteiger partial charge is 0.269 e. The number of nitro benzene ring substituents is 1. The fourth-order valence-corrected chi connectivity index (χ4v) is 4.22. The molecule has 0 spiro atoms. The fourth-order valence-electron chi connectivity index (χ4n) is 3.66. The number of carbonyl (C=O) groups excluding carboxylic acids is 1. The molecule has 1 aromatic carbocycles. The number of thioether (sulfide) groups is 1. The Kier molecular flexibility index (Phi) is 4.47. The van der Waals surface area contributed by atoms with Crippen LogP contribution in [0.5, 0.6) is 0 Å². The van der Waals surface area contributed by atoms with Gasteiger partial charge in [-0.3, -0.25) is 14.9 Å². The number of carbonyl (C=O) groups is 1. The standard InChI is InChI=1S/C18H19N5O3S/c1-3-27-18-20-17-19-13-8-10(2)9-14(24)15(13)16(22(17)21-18)11-4-6-12(7-5-11)23(25)26/h4-7,10,16H,3,8-9H2,1-2H3,(H,19,20,21)/t10-,16+/m1/s1. The molecule has 140 valence electrons. The van der Waals surface area contributed by atoms with Crippen LogP contribution in [-0.4, -0.2) is 31.2 Å². The van der Waals surface area contributed by atoms with Crippen LogP contribution in [0.1, 0.15) is 38.3 Å². The topological polar surface area (TPSA) is 103 Å². The third-order valence-electron chi connectivity index (χ3n) is 4.80. The van der Waals surface area contributed by atoms with Crippen molar-refractivity contribution in [2.45, 2.75) is 37.9 Å². The van der Waals surface area contributed by atoms with E-state index < -0.39 is 11.0 Å². The molecule has 2 atom stereocenters. The molecule has 27 heavy (non-hydrogen) atoms. The highest BCUT2D eigenvalue weighted by atomic mass is 32.2. The highest BCUT2D eigenvalue weighted by Gasteiger charge is 2.38. The third-order valence-corrected chi connectivity index (χ3v) is 5.52. The van der Waals surface area contributed by atoms with Gasteiger partial charge >= 0.3 is 0 Å². The van der Waals surface area contributed by atoms with Gasteiger partial charge in [-0.05, 0) is 35.8 Å². The number of benzene rings is 1. The minimum atomic E-state index is -0.429. The van der Waals surface area contributed by atoms with Gasteiger partial charge in [0, 0.05) is 29.8 Å². The van der Waals surface area contributed by atoms with Crippen molar-refractivity contribution in [1.82, 2.24) is 14.8 Å². The van der Waals surface area contributed by atoms with Gasteiger partial charge in [0.25, 0.3) is 5.69 Å². The van der Waals surface area contributed by atoms with Crippen molar-refractivity contribution in [2.24, 2.45) is 5.92 Å². The minimum absolute atomic E-state index is 0.0199. The van der Waals surface area contributed by atoms with Gasteiger partial charge in [0.2, 0.25) is 11.1 Å². The maximum atomic E-state index is 12.9. The summed E-state index contributed by atoms with van der Waals surface area (Å²) in [4.78, 5) is 28.0. The molecule has 2 aromatic rings. The minimum Gasteiger partial charge on any atom is -0.328 e. The molecule has 0 unspecified atom stereocenters. The SMILES string of the molecule is CCSc1nc2n(n1)[C@@H](c1ccc([N+](=O)[O-])cc1)C1=C(C[C@@H](C)CC1=O)N2. The summed E-state index contributed by atoms with van der Waals surface area (Å²) >= 11 is 1.53. The molecule has 9 heteroatoms. The van der Waals surface area contributed by atoms with E-state index in [9.17, 15) is 14.9 Å². The highest BCUT2D eigenvalue weighted by molar-refractivity contribution is 7.99. The van der Waals surface area contributed by atoms with E-state index in [2.05, 4.69) is 22.3 Å². The first-order valence-electron chi connectivity index (χ1n) is 8.85. The van der Waals surface area contributed by atoms with Crippen molar-refractivity contribution in [3.05, 3.63) is 51.2 Å². The zero-order chi connectivity index (χ0) is 19.1. The summed E-state index contributed by atoms with van der Waals surface area (Å²) in [7, 11) is 0. The number of allylic oxidation sites excluding steroid dienone is 2. The lowest BCUT2D eigenvalue weighted by atomic mass is 9.81. The van der Waals surface area contributed by atoms with Crippen molar-refractivity contribution in [1.29, 1.82) is 0 Å². The summed E-state index contributed by atoms with van der Waals surface area (Å²) in [5, 5.41) is 19.5. The number of nitrogens with one attached hydrogen (secondary N) is 1. The van der Waals surface area contributed by atoms with Gasteiger partial charge in [-0.25, -0.2) is 4.68 Å². The van der Waals surface area contributed by atoms with Crippen LogP contribution in [-0.2, 0) is 4.79 Å². The first-order chi connectivity index (χ1) is 13.0. The first kappa shape index (κ1) is 17.7. The number of rotatable bonds is 4. The molecule has 1 aliphatic heterocycles. The molecule has 0 radical (unpaired) electrons. The predicted molar refractivity (Wildman–Crippen MR) is 102 cm³/mol. The molecule has 1 aromatic heterocycles. The second-order valence-corrected chi connectivity index (χ2v) is 8.03. The molecule has 1 N–H and O–H groups in total. The van der Waals surface area contributed by atoms with Crippen LogP contribution in [0.25, 0.3) is 0 Å². The molecule has 0 amide bonds. The molecule has 0 fully saturated rings. The van der Waals surface area contributed by atoms with E-state index in [0.717, 1.165) is 23.4 Å². The molecule has 2 aliphatic rings. The second kappa shape index (κ2) is 6.80. The zero-order valence-electron chi connectivity index (χ0n) is 15.0. The van der Waals surface area contributed by atoms with Gasteiger partial charge in [-0.15, -0.1) is 5.10 Å². The van der Waals surface area contributed by atoms with Gasteiger partial charge in [0.1, 0.15) is 6.04 Å².